The van der Waals surface area contributed by atoms with Crippen LogP contribution in [0.2, 0.25) is 0 Å². The summed E-state index contributed by atoms with van der Waals surface area (Å²) in [4.78, 5) is 37.7. The Hall–Kier alpha value is -2.17. The zero-order chi connectivity index (χ0) is 17.9. The smallest absolute Gasteiger partial charge is 0.311 e. The molecule has 1 aliphatic heterocycles. The van der Waals surface area contributed by atoms with E-state index >= 15 is 0 Å². The first-order valence-electron chi connectivity index (χ1n) is 8.37. The number of nitrogens with zero attached hydrogens (tertiary/aromatic N) is 1. The number of carbonyl (C=O) groups is 3. The number of benzene rings is 1. The van der Waals surface area contributed by atoms with Crippen LogP contribution in [0.15, 0.2) is 24.3 Å². The van der Waals surface area contributed by atoms with E-state index in [0.717, 1.165) is 5.56 Å². The maximum atomic E-state index is 12.3. The average Bonchev–Trinajstić information content (AvgIpc) is 3.00. The molecule has 1 amide bonds. The van der Waals surface area contributed by atoms with Crippen molar-refractivity contribution in [2.45, 2.75) is 40.0 Å². The van der Waals surface area contributed by atoms with Gasteiger partial charge >= 0.3 is 5.97 Å². The number of carboxylic acids is 1. The molecule has 2 rings (SSSR count). The molecule has 130 valence electrons. The van der Waals surface area contributed by atoms with E-state index in [1.54, 1.807) is 17.0 Å². The van der Waals surface area contributed by atoms with Crippen LogP contribution in [0.4, 0.5) is 0 Å². The molecule has 0 radical (unpaired) electrons. The van der Waals surface area contributed by atoms with Crippen LogP contribution in [0.25, 0.3) is 0 Å². The Morgan fingerprint density at radius 2 is 1.79 bits per heavy atom. The minimum atomic E-state index is -0.864. The molecule has 1 aromatic rings. The van der Waals surface area contributed by atoms with E-state index < -0.39 is 11.4 Å². The van der Waals surface area contributed by atoms with E-state index in [-0.39, 0.29) is 37.0 Å². The Bertz CT molecular complexity index is 635. The van der Waals surface area contributed by atoms with Crippen LogP contribution in [0.1, 0.15) is 49.0 Å². The standard InChI is InChI=1S/C19H25NO4/c1-13(2)19(18(23)24)10-11-20(12-19)17(22)9-8-16(21)15-6-4-14(3)5-7-15/h4-7,13H,8-12H2,1-3H3,(H,23,24). The highest BCUT2D eigenvalue weighted by Gasteiger charge is 2.48. The Balaban J connectivity index is 1.93. The lowest BCUT2D eigenvalue weighted by Gasteiger charge is -2.28. The van der Waals surface area contributed by atoms with Gasteiger partial charge in [0.25, 0.3) is 0 Å². The average molecular weight is 331 g/mol. The largest absolute Gasteiger partial charge is 0.481 e. The van der Waals surface area contributed by atoms with Crippen molar-refractivity contribution in [3.8, 4) is 0 Å². The van der Waals surface area contributed by atoms with Gasteiger partial charge in [0.1, 0.15) is 0 Å². The Morgan fingerprint density at radius 3 is 2.29 bits per heavy atom. The number of likely N-dealkylation sites (tertiary alicyclic amines) is 1. The molecular formula is C19H25NO4. The minimum absolute atomic E-state index is 0.0398. The second kappa shape index (κ2) is 7.16. The highest BCUT2D eigenvalue weighted by atomic mass is 16.4. The SMILES string of the molecule is Cc1ccc(C(=O)CCC(=O)N2CCC(C(=O)O)(C(C)C)C2)cc1. The number of rotatable bonds is 6. The van der Waals surface area contributed by atoms with E-state index in [4.69, 9.17) is 0 Å². The van der Waals surface area contributed by atoms with Crippen molar-refractivity contribution in [3.05, 3.63) is 35.4 Å². The zero-order valence-corrected chi connectivity index (χ0v) is 14.5. The quantitative estimate of drug-likeness (QED) is 0.813. The number of carbonyl (C=O) groups excluding carboxylic acids is 2. The predicted octanol–water partition coefficient (Wildman–Crippen LogP) is 2.92. The van der Waals surface area contributed by atoms with E-state index in [2.05, 4.69) is 0 Å². The molecule has 24 heavy (non-hydrogen) atoms. The van der Waals surface area contributed by atoms with Crippen LogP contribution in [0, 0.1) is 18.3 Å². The van der Waals surface area contributed by atoms with Crippen molar-refractivity contribution < 1.29 is 19.5 Å². The molecule has 0 bridgehead atoms. The van der Waals surface area contributed by atoms with Gasteiger partial charge in [-0.2, -0.15) is 0 Å². The fraction of sp³-hybridized carbons (Fsp3) is 0.526. The second-order valence-electron chi connectivity index (χ2n) is 6.97. The van der Waals surface area contributed by atoms with Crippen LogP contribution in [0.3, 0.4) is 0 Å². The number of amides is 1. The van der Waals surface area contributed by atoms with Gasteiger partial charge in [0, 0.05) is 31.5 Å². The zero-order valence-electron chi connectivity index (χ0n) is 14.5. The number of aliphatic carboxylic acids is 1. The molecule has 1 atom stereocenters. The van der Waals surface area contributed by atoms with Gasteiger partial charge in [-0.3, -0.25) is 14.4 Å². The summed E-state index contributed by atoms with van der Waals surface area (Å²) in [5.74, 6) is -1.08. The molecule has 5 heteroatoms. The van der Waals surface area contributed by atoms with E-state index in [0.29, 0.717) is 18.5 Å². The lowest BCUT2D eigenvalue weighted by Crippen LogP contribution is -2.40. The molecule has 1 N–H and O–H groups in total. The molecule has 1 aromatic carbocycles. The molecule has 1 heterocycles. The third-order valence-electron chi connectivity index (χ3n) is 5.12. The first kappa shape index (κ1) is 18.2. The Morgan fingerprint density at radius 1 is 1.17 bits per heavy atom. The fourth-order valence-corrected chi connectivity index (χ4v) is 3.20. The monoisotopic (exact) mass is 331 g/mol. The number of hydrogen-bond donors (Lipinski definition) is 1. The van der Waals surface area contributed by atoms with Crippen LogP contribution in [0.5, 0.6) is 0 Å². The first-order chi connectivity index (χ1) is 11.3. The van der Waals surface area contributed by atoms with Crippen LogP contribution in [-0.2, 0) is 9.59 Å². The molecule has 0 saturated carbocycles. The summed E-state index contributed by atoms with van der Waals surface area (Å²) in [5, 5.41) is 9.53. The Labute approximate surface area is 142 Å². The number of carboxylic acid groups (broad SMARTS) is 1. The topological polar surface area (TPSA) is 74.7 Å². The fourth-order valence-electron chi connectivity index (χ4n) is 3.20. The van der Waals surface area contributed by atoms with Crippen LogP contribution in [-0.4, -0.2) is 40.8 Å². The molecule has 1 saturated heterocycles. The first-order valence-corrected chi connectivity index (χ1v) is 8.37. The lowest BCUT2D eigenvalue weighted by molar-refractivity contribution is -0.151. The van der Waals surface area contributed by atoms with Crippen molar-refractivity contribution in [1.82, 2.24) is 4.90 Å². The summed E-state index contributed by atoms with van der Waals surface area (Å²) < 4.78 is 0. The third-order valence-corrected chi connectivity index (χ3v) is 5.12. The van der Waals surface area contributed by atoms with Gasteiger partial charge < -0.3 is 10.0 Å². The maximum Gasteiger partial charge on any atom is 0.311 e. The van der Waals surface area contributed by atoms with Gasteiger partial charge in [-0.1, -0.05) is 43.7 Å². The predicted molar refractivity (Wildman–Crippen MR) is 90.8 cm³/mol. The van der Waals surface area contributed by atoms with Gasteiger partial charge in [-0.15, -0.1) is 0 Å². The molecule has 1 fully saturated rings. The lowest BCUT2D eigenvalue weighted by atomic mass is 9.76. The summed E-state index contributed by atoms with van der Waals surface area (Å²) in [6, 6.07) is 7.29. The Kier molecular flexibility index (Phi) is 5.42. The van der Waals surface area contributed by atoms with E-state index in [1.807, 2.05) is 32.9 Å². The van der Waals surface area contributed by atoms with Gasteiger partial charge in [0.05, 0.1) is 5.41 Å². The summed E-state index contributed by atoms with van der Waals surface area (Å²) in [5.41, 5.74) is 0.826. The highest BCUT2D eigenvalue weighted by molar-refractivity contribution is 5.98. The van der Waals surface area contributed by atoms with Crippen molar-refractivity contribution >= 4 is 17.7 Å². The van der Waals surface area contributed by atoms with Crippen LogP contribution < -0.4 is 0 Å². The maximum absolute atomic E-state index is 12.3. The number of Topliss-reactive ketones (excluding diaryl/α,β-unsaturated/α-hetero) is 1. The molecule has 1 aliphatic rings. The third kappa shape index (κ3) is 3.66. The number of aryl methyl sites for hydroxylation is 1. The van der Waals surface area contributed by atoms with E-state index in [1.165, 1.54) is 0 Å². The molecular weight excluding hydrogens is 306 g/mol. The van der Waals surface area contributed by atoms with Gasteiger partial charge in [0.2, 0.25) is 5.91 Å². The minimum Gasteiger partial charge on any atom is -0.481 e. The molecule has 1 unspecified atom stereocenters. The van der Waals surface area contributed by atoms with Gasteiger partial charge in [0.15, 0.2) is 5.78 Å². The molecule has 0 spiro atoms. The van der Waals surface area contributed by atoms with E-state index in [9.17, 15) is 19.5 Å². The highest BCUT2D eigenvalue weighted by Crippen LogP contribution is 2.38. The van der Waals surface area contributed by atoms with Crippen molar-refractivity contribution in [2.75, 3.05) is 13.1 Å². The normalized spacial score (nSPS) is 20.4. The van der Waals surface area contributed by atoms with Gasteiger partial charge in [-0.05, 0) is 19.3 Å². The van der Waals surface area contributed by atoms with Crippen molar-refractivity contribution in [3.63, 3.8) is 0 Å². The summed E-state index contributed by atoms with van der Waals surface area (Å²) in [6.45, 7) is 6.39. The molecule has 0 aliphatic carbocycles. The summed E-state index contributed by atoms with van der Waals surface area (Å²) >= 11 is 0. The summed E-state index contributed by atoms with van der Waals surface area (Å²) in [6.07, 6.45) is 0.748. The number of hydrogen-bond acceptors (Lipinski definition) is 3. The second-order valence-corrected chi connectivity index (χ2v) is 6.97. The number of ketones is 1. The van der Waals surface area contributed by atoms with Gasteiger partial charge in [-0.25, -0.2) is 0 Å². The van der Waals surface area contributed by atoms with Crippen molar-refractivity contribution in [2.24, 2.45) is 11.3 Å². The molecule has 5 nitrogen and oxygen atoms in total. The summed E-state index contributed by atoms with van der Waals surface area (Å²) in [7, 11) is 0. The van der Waals surface area contributed by atoms with Crippen molar-refractivity contribution in [1.29, 1.82) is 0 Å². The van der Waals surface area contributed by atoms with Crippen LogP contribution >= 0.6 is 0 Å². The molecule has 0 aromatic heterocycles.